The van der Waals surface area contributed by atoms with Crippen LogP contribution in [-0.4, -0.2) is 23.0 Å². The fourth-order valence-electron chi connectivity index (χ4n) is 4.23. The molecule has 5 rings (SSSR count). The van der Waals surface area contributed by atoms with Crippen LogP contribution in [0.5, 0.6) is 0 Å². The average Bonchev–Trinajstić information content (AvgIpc) is 3.51. The van der Waals surface area contributed by atoms with Crippen LogP contribution >= 0.6 is 11.8 Å². The summed E-state index contributed by atoms with van der Waals surface area (Å²) < 4.78 is 5.99. The van der Waals surface area contributed by atoms with Crippen LogP contribution in [0.4, 0.5) is 11.4 Å². The Morgan fingerprint density at radius 1 is 0.727 bits per heavy atom. The van der Waals surface area contributed by atoms with Crippen molar-refractivity contribution < 1.29 is 18.8 Å². The van der Waals surface area contributed by atoms with E-state index in [1.807, 2.05) is 92.7 Å². The number of para-hydroxylation sites is 1. The number of nitrogens with one attached hydrogen (secondary N) is 3. The normalized spacial score (nSPS) is 11.8. The van der Waals surface area contributed by atoms with Gasteiger partial charge < -0.3 is 20.4 Å². The topological polar surface area (TPSA) is 100 Å². The van der Waals surface area contributed by atoms with Gasteiger partial charge >= 0.3 is 0 Å². The molecule has 0 aliphatic carbocycles. The van der Waals surface area contributed by atoms with Gasteiger partial charge in [0.2, 0.25) is 5.91 Å². The van der Waals surface area contributed by atoms with E-state index in [2.05, 4.69) is 16.0 Å². The Balaban J connectivity index is 1.29. The van der Waals surface area contributed by atoms with Gasteiger partial charge in [-0.2, -0.15) is 0 Å². The van der Waals surface area contributed by atoms with E-state index in [1.54, 1.807) is 42.5 Å². The molecule has 44 heavy (non-hydrogen) atoms. The Morgan fingerprint density at radius 2 is 1.36 bits per heavy atom. The van der Waals surface area contributed by atoms with Crippen LogP contribution in [0.2, 0.25) is 0 Å². The van der Waals surface area contributed by atoms with Crippen molar-refractivity contribution in [3.8, 4) is 11.3 Å². The number of hydrogen-bond acceptors (Lipinski definition) is 5. The largest absolute Gasteiger partial charge is 0.457 e. The number of rotatable bonds is 10. The van der Waals surface area contributed by atoms with Crippen molar-refractivity contribution in [3.05, 3.63) is 144 Å². The summed E-state index contributed by atoms with van der Waals surface area (Å²) in [5, 5.41) is 8.15. The number of thioether (sulfide) groups is 1. The number of benzene rings is 4. The number of amides is 3. The van der Waals surface area contributed by atoms with E-state index in [9.17, 15) is 14.4 Å². The molecule has 8 heteroatoms. The quantitative estimate of drug-likeness (QED) is 0.112. The molecule has 4 aromatic carbocycles. The van der Waals surface area contributed by atoms with E-state index in [0.717, 1.165) is 21.7 Å². The zero-order chi connectivity index (χ0) is 30.9. The molecule has 3 N–H and O–H groups in total. The highest BCUT2D eigenvalue weighted by Gasteiger charge is 2.18. The molecule has 1 aromatic heterocycles. The van der Waals surface area contributed by atoms with Gasteiger partial charge in [0.15, 0.2) is 0 Å². The first-order valence-electron chi connectivity index (χ1n) is 14.0. The molecule has 0 spiro atoms. The standard InChI is InChI=1S/C36H31N3O4S/c1-24-13-15-26(16-14-24)33-22-19-30(43-33)23-32(39-35(41)27-9-5-3-6-10-27)36(42)38-29-17-20-31(21-18-29)44-25(2)34(40)37-28-11-7-4-8-12-28/h3-23,25H,1-2H3,(H,37,40)(H,38,42)(H,39,41)/b32-23-/t25-/m0/s1. The predicted molar refractivity (Wildman–Crippen MR) is 176 cm³/mol. The summed E-state index contributed by atoms with van der Waals surface area (Å²) in [6.45, 7) is 3.85. The van der Waals surface area contributed by atoms with E-state index in [-0.39, 0.29) is 16.9 Å². The monoisotopic (exact) mass is 601 g/mol. The fraction of sp³-hybridized carbons (Fsp3) is 0.0833. The minimum Gasteiger partial charge on any atom is -0.457 e. The second-order valence-corrected chi connectivity index (χ2v) is 11.5. The van der Waals surface area contributed by atoms with Gasteiger partial charge in [-0.1, -0.05) is 66.2 Å². The summed E-state index contributed by atoms with van der Waals surface area (Å²) in [6, 6.07) is 36.6. The Hall–Kier alpha value is -5.34. The van der Waals surface area contributed by atoms with Crippen molar-refractivity contribution in [2.75, 3.05) is 10.6 Å². The maximum absolute atomic E-state index is 13.4. The van der Waals surface area contributed by atoms with E-state index >= 15 is 0 Å². The first kappa shape index (κ1) is 30.1. The minimum atomic E-state index is -0.515. The summed E-state index contributed by atoms with van der Waals surface area (Å²) in [6.07, 6.45) is 1.51. The number of carbonyl (C=O) groups is 3. The third-order valence-electron chi connectivity index (χ3n) is 6.61. The summed E-state index contributed by atoms with van der Waals surface area (Å²) >= 11 is 1.41. The van der Waals surface area contributed by atoms with Gasteiger partial charge in [-0.15, -0.1) is 11.8 Å². The van der Waals surface area contributed by atoms with Gasteiger partial charge in [0.05, 0.1) is 5.25 Å². The van der Waals surface area contributed by atoms with E-state index in [1.165, 1.54) is 17.8 Å². The van der Waals surface area contributed by atoms with Crippen molar-refractivity contribution >= 4 is 46.9 Å². The molecule has 1 atom stereocenters. The maximum Gasteiger partial charge on any atom is 0.272 e. The van der Waals surface area contributed by atoms with Gasteiger partial charge in [0.1, 0.15) is 17.2 Å². The molecule has 0 fully saturated rings. The fourth-order valence-corrected chi connectivity index (χ4v) is 5.09. The van der Waals surface area contributed by atoms with Gasteiger partial charge in [-0.05, 0) is 74.5 Å². The Kier molecular flexibility index (Phi) is 9.74. The van der Waals surface area contributed by atoms with Crippen LogP contribution in [0.15, 0.2) is 136 Å². The number of hydrogen-bond donors (Lipinski definition) is 3. The minimum absolute atomic E-state index is 0.0216. The van der Waals surface area contributed by atoms with E-state index in [4.69, 9.17) is 4.42 Å². The van der Waals surface area contributed by atoms with Crippen LogP contribution < -0.4 is 16.0 Å². The molecule has 0 unspecified atom stereocenters. The van der Waals surface area contributed by atoms with Gasteiger partial charge in [0.25, 0.3) is 11.8 Å². The van der Waals surface area contributed by atoms with Gasteiger partial charge in [-0.3, -0.25) is 14.4 Å². The SMILES string of the molecule is Cc1ccc(-c2ccc(/C=C(\NC(=O)c3ccccc3)C(=O)Nc3ccc(S[C@@H](C)C(=O)Nc4ccccc4)cc3)o2)cc1. The smallest absolute Gasteiger partial charge is 0.272 e. The molecular weight excluding hydrogens is 570 g/mol. The number of anilines is 2. The van der Waals surface area contributed by atoms with Crippen LogP contribution in [0, 0.1) is 6.92 Å². The first-order chi connectivity index (χ1) is 21.3. The first-order valence-corrected chi connectivity index (χ1v) is 14.9. The lowest BCUT2D eigenvalue weighted by Crippen LogP contribution is -2.30. The highest BCUT2D eigenvalue weighted by atomic mass is 32.2. The number of carbonyl (C=O) groups excluding carboxylic acids is 3. The number of furan rings is 1. The summed E-state index contributed by atoms with van der Waals surface area (Å²) in [5.74, 6) is 0.00940. The summed E-state index contributed by atoms with van der Waals surface area (Å²) in [7, 11) is 0. The van der Waals surface area contributed by atoms with Crippen molar-refractivity contribution in [2.45, 2.75) is 24.0 Å². The van der Waals surface area contributed by atoms with Crippen LogP contribution in [0.3, 0.4) is 0 Å². The molecule has 0 radical (unpaired) electrons. The molecule has 1 heterocycles. The highest BCUT2D eigenvalue weighted by molar-refractivity contribution is 8.00. The highest BCUT2D eigenvalue weighted by Crippen LogP contribution is 2.27. The molecule has 0 aliphatic rings. The van der Waals surface area contributed by atoms with Crippen LogP contribution in [0.25, 0.3) is 17.4 Å². The van der Waals surface area contributed by atoms with E-state index in [0.29, 0.717) is 22.8 Å². The predicted octanol–water partition coefficient (Wildman–Crippen LogP) is 7.78. The molecule has 7 nitrogen and oxygen atoms in total. The third-order valence-corrected chi connectivity index (χ3v) is 7.73. The molecule has 5 aromatic rings. The zero-order valence-corrected chi connectivity index (χ0v) is 25.1. The van der Waals surface area contributed by atoms with Gasteiger partial charge in [-0.25, -0.2) is 0 Å². The second-order valence-electron chi connectivity index (χ2n) is 10.0. The molecule has 0 saturated heterocycles. The second kappa shape index (κ2) is 14.2. The van der Waals surface area contributed by atoms with Crippen molar-refractivity contribution in [3.63, 3.8) is 0 Å². The maximum atomic E-state index is 13.4. The lowest BCUT2D eigenvalue weighted by molar-refractivity contribution is -0.115. The average molecular weight is 602 g/mol. The van der Waals surface area contributed by atoms with Crippen LogP contribution in [0.1, 0.15) is 28.6 Å². The van der Waals surface area contributed by atoms with Crippen molar-refractivity contribution in [2.24, 2.45) is 0 Å². The van der Waals surface area contributed by atoms with Crippen molar-refractivity contribution in [1.29, 1.82) is 0 Å². The number of aryl methyl sites for hydroxylation is 1. The molecule has 220 valence electrons. The van der Waals surface area contributed by atoms with Crippen LogP contribution in [-0.2, 0) is 9.59 Å². The molecule has 3 amide bonds. The Bertz CT molecular complexity index is 1760. The van der Waals surface area contributed by atoms with E-state index < -0.39 is 11.8 Å². The third kappa shape index (κ3) is 8.14. The molecular formula is C36H31N3O4S. The lowest BCUT2D eigenvalue weighted by atomic mass is 10.1. The molecule has 0 bridgehead atoms. The zero-order valence-electron chi connectivity index (χ0n) is 24.2. The Labute approximate surface area is 260 Å². The summed E-state index contributed by atoms with van der Waals surface area (Å²) in [4.78, 5) is 39.9. The lowest BCUT2D eigenvalue weighted by Gasteiger charge is -2.13. The summed E-state index contributed by atoms with van der Waals surface area (Å²) in [5.41, 5.74) is 3.75. The molecule has 0 aliphatic heterocycles. The van der Waals surface area contributed by atoms with Crippen molar-refractivity contribution in [1.82, 2.24) is 5.32 Å². The van der Waals surface area contributed by atoms with Gasteiger partial charge in [0, 0.05) is 33.5 Å². The Morgan fingerprint density at radius 3 is 2.05 bits per heavy atom. The molecule has 0 saturated carbocycles.